The second kappa shape index (κ2) is 20.6. The summed E-state index contributed by atoms with van der Waals surface area (Å²) in [5.74, 6) is -8.15. The highest BCUT2D eigenvalue weighted by Gasteiger charge is 2.36. The highest BCUT2D eigenvalue weighted by atomic mass is 19.4. The predicted molar refractivity (Wildman–Crippen MR) is 196 cm³/mol. The summed E-state index contributed by atoms with van der Waals surface area (Å²) >= 11 is 0. The molecule has 0 saturated heterocycles. The number of nitrogens with one attached hydrogen (secondary N) is 5. The number of aliphatic hydroxyl groups excluding tert-OH is 1. The van der Waals surface area contributed by atoms with Gasteiger partial charge in [-0.2, -0.15) is 13.2 Å². The van der Waals surface area contributed by atoms with Crippen molar-refractivity contribution in [3.8, 4) is 0 Å². The average molecular weight is 822 g/mol. The standard InChI is InChI=1S/C37H42F3N5O13/c1-4-18(2)30(45-36(56)57-17-20-8-6-5-7-9-20)34(54)42-24(12-13-27(47)48)32(52)44-31(19(3)46)35(55)43-25(16-28(49)50)33(53)41-21-10-11-22-23(37(38,39)40)15-29(51)58-26(22)14-21/h5-11,14-15,18-19,24-25,30-31,46H,4,12-13,16-17H2,1-3H3,(H,41,53)(H,42,54)(H,43,55)(H,44,52)(H,45,56)(H,47,48)(H,49,50)/t18-,19-,24-,25-,30-,31-/m0/s1. The zero-order chi connectivity index (χ0) is 43.3. The second-order valence-electron chi connectivity index (χ2n) is 13.1. The third kappa shape index (κ3) is 13.6. The van der Waals surface area contributed by atoms with E-state index in [-0.39, 0.29) is 18.4 Å². The molecule has 1 heterocycles. The number of alkyl halides is 3. The van der Waals surface area contributed by atoms with Gasteiger partial charge in [-0.25, -0.2) is 9.59 Å². The van der Waals surface area contributed by atoms with Crippen molar-refractivity contribution < 1.29 is 71.2 Å². The Morgan fingerprint density at radius 1 is 0.793 bits per heavy atom. The molecule has 58 heavy (non-hydrogen) atoms. The van der Waals surface area contributed by atoms with Crippen molar-refractivity contribution in [3.05, 3.63) is 76.1 Å². The number of benzene rings is 2. The van der Waals surface area contributed by atoms with Crippen LogP contribution in [0.4, 0.5) is 23.7 Å². The van der Waals surface area contributed by atoms with Gasteiger partial charge in [0.2, 0.25) is 23.6 Å². The van der Waals surface area contributed by atoms with E-state index in [1.807, 2.05) is 0 Å². The lowest BCUT2D eigenvalue weighted by atomic mass is 9.97. The number of carboxylic acids is 2. The normalized spacial score (nSPS) is 14.4. The lowest BCUT2D eigenvalue weighted by Gasteiger charge is -2.28. The summed E-state index contributed by atoms with van der Waals surface area (Å²) in [4.78, 5) is 101. The van der Waals surface area contributed by atoms with E-state index in [1.54, 1.807) is 44.2 Å². The maximum absolute atomic E-state index is 13.5. The highest BCUT2D eigenvalue weighted by Crippen LogP contribution is 2.34. The molecule has 0 aliphatic carbocycles. The molecule has 3 aromatic rings. The van der Waals surface area contributed by atoms with E-state index in [9.17, 15) is 66.8 Å². The number of hydrogen-bond donors (Lipinski definition) is 8. The third-order valence-electron chi connectivity index (χ3n) is 8.65. The molecule has 0 bridgehead atoms. The minimum Gasteiger partial charge on any atom is -0.481 e. The molecule has 0 aliphatic heterocycles. The smallest absolute Gasteiger partial charge is 0.417 e. The van der Waals surface area contributed by atoms with Crippen LogP contribution >= 0.6 is 0 Å². The van der Waals surface area contributed by atoms with Gasteiger partial charge in [-0.3, -0.25) is 28.8 Å². The number of aliphatic hydroxyl groups is 1. The summed E-state index contributed by atoms with van der Waals surface area (Å²) in [7, 11) is 0. The Hall–Kier alpha value is -6.51. The van der Waals surface area contributed by atoms with Crippen molar-refractivity contribution in [3.63, 3.8) is 0 Å². The SMILES string of the molecule is CC[C@H](C)[C@H](NC(=O)OCc1ccccc1)C(=O)N[C@@H](CCC(=O)O)C(=O)N[C@H](C(=O)N[C@@H](CC(=O)O)C(=O)Nc1ccc2c(C(F)(F)F)cc(=O)oc2c1)[C@H](C)O. The number of carbonyl (C=O) groups excluding carboxylic acids is 5. The number of amides is 5. The van der Waals surface area contributed by atoms with Crippen LogP contribution in [0.3, 0.4) is 0 Å². The first-order chi connectivity index (χ1) is 27.2. The predicted octanol–water partition coefficient (Wildman–Crippen LogP) is 2.27. The summed E-state index contributed by atoms with van der Waals surface area (Å²) in [5, 5.41) is 39.9. The lowest BCUT2D eigenvalue weighted by Crippen LogP contribution is -2.61. The Labute approximate surface area is 327 Å². The van der Waals surface area contributed by atoms with E-state index >= 15 is 0 Å². The number of ether oxygens (including phenoxy) is 1. The lowest BCUT2D eigenvalue weighted by molar-refractivity contribution is -0.141. The molecule has 6 atom stereocenters. The summed E-state index contributed by atoms with van der Waals surface area (Å²) in [5.41, 5.74) is -2.84. The van der Waals surface area contributed by atoms with Crippen LogP contribution in [0.2, 0.25) is 0 Å². The Morgan fingerprint density at radius 2 is 1.43 bits per heavy atom. The van der Waals surface area contributed by atoms with Crippen molar-refractivity contribution in [2.24, 2.45) is 5.92 Å². The van der Waals surface area contributed by atoms with Crippen LogP contribution in [-0.2, 0) is 46.3 Å². The zero-order valence-electron chi connectivity index (χ0n) is 31.3. The van der Waals surface area contributed by atoms with Gasteiger partial charge in [0.05, 0.1) is 18.1 Å². The minimum absolute atomic E-state index is 0.127. The molecule has 2 aromatic carbocycles. The Bertz CT molecular complexity index is 2040. The number of carboxylic acid groups (broad SMARTS) is 2. The quantitative estimate of drug-likeness (QED) is 0.0807. The van der Waals surface area contributed by atoms with Crippen LogP contribution in [0.15, 0.2) is 63.8 Å². The fourth-order valence-electron chi connectivity index (χ4n) is 5.40. The average Bonchev–Trinajstić information content (AvgIpc) is 3.15. The molecule has 0 aliphatic rings. The number of halogens is 3. The topological polar surface area (TPSA) is 280 Å². The van der Waals surface area contributed by atoms with Gasteiger partial charge in [-0.15, -0.1) is 0 Å². The first-order valence-electron chi connectivity index (χ1n) is 17.7. The minimum atomic E-state index is -4.93. The van der Waals surface area contributed by atoms with Crippen LogP contribution < -0.4 is 32.2 Å². The van der Waals surface area contributed by atoms with Crippen LogP contribution in [-0.4, -0.2) is 87.3 Å². The van der Waals surface area contributed by atoms with Crippen LogP contribution in [0, 0.1) is 5.92 Å². The summed E-state index contributed by atoms with van der Waals surface area (Å²) in [6, 6.07) is 4.79. The monoisotopic (exact) mass is 821 g/mol. The van der Waals surface area contributed by atoms with Gasteiger partial charge in [0, 0.05) is 29.6 Å². The zero-order valence-corrected chi connectivity index (χ0v) is 31.3. The number of fused-ring (bicyclic) bond motifs is 1. The Morgan fingerprint density at radius 3 is 2.02 bits per heavy atom. The van der Waals surface area contributed by atoms with Gasteiger partial charge in [-0.05, 0) is 37.0 Å². The summed E-state index contributed by atoms with van der Waals surface area (Å²) in [6.07, 6.45) is -9.56. The molecular formula is C37H42F3N5O13. The molecule has 0 spiro atoms. The van der Waals surface area contributed by atoms with Crippen molar-refractivity contribution in [2.75, 3.05) is 5.32 Å². The molecule has 0 radical (unpaired) electrons. The van der Waals surface area contributed by atoms with E-state index in [4.69, 9.17) is 9.15 Å². The van der Waals surface area contributed by atoms with Gasteiger partial charge >= 0.3 is 29.8 Å². The second-order valence-corrected chi connectivity index (χ2v) is 13.1. The maximum atomic E-state index is 13.5. The fraction of sp³-hybridized carbons (Fsp3) is 0.405. The maximum Gasteiger partial charge on any atom is 0.417 e. The molecule has 1 aromatic heterocycles. The molecule has 18 nitrogen and oxygen atoms in total. The number of aliphatic carboxylic acids is 2. The van der Waals surface area contributed by atoms with Gasteiger partial charge < -0.3 is 51.1 Å². The van der Waals surface area contributed by atoms with Crippen molar-refractivity contribution in [2.45, 2.75) is 89.5 Å². The van der Waals surface area contributed by atoms with Crippen LogP contribution in [0.5, 0.6) is 0 Å². The van der Waals surface area contributed by atoms with Gasteiger partial charge in [0.25, 0.3) is 0 Å². The largest absolute Gasteiger partial charge is 0.481 e. The van der Waals surface area contributed by atoms with E-state index in [0.717, 1.165) is 25.1 Å². The van der Waals surface area contributed by atoms with Crippen molar-refractivity contribution in [1.29, 1.82) is 0 Å². The molecule has 21 heteroatoms. The van der Waals surface area contributed by atoms with Gasteiger partial charge in [0.1, 0.15) is 36.4 Å². The molecule has 8 N–H and O–H groups in total. The van der Waals surface area contributed by atoms with Crippen LogP contribution in [0.25, 0.3) is 11.0 Å². The van der Waals surface area contributed by atoms with Crippen LogP contribution in [0.1, 0.15) is 57.6 Å². The molecule has 0 fully saturated rings. The van der Waals surface area contributed by atoms with Crippen molar-refractivity contribution in [1.82, 2.24) is 21.3 Å². The fourth-order valence-corrected chi connectivity index (χ4v) is 5.40. The molecule has 3 rings (SSSR count). The van der Waals surface area contributed by atoms with E-state index in [1.165, 1.54) is 0 Å². The Balaban J connectivity index is 1.78. The van der Waals surface area contributed by atoms with E-state index < -0.39 is 125 Å². The van der Waals surface area contributed by atoms with Gasteiger partial charge in [-0.1, -0.05) is 50.6 Å². The number of anilines is 1. The third-order valence-corrected chi connectivity index (χ3v) is 8.65. The summed E-state index contributed by atoms with van der Waals surface area (Å²) in [6.45, 7) is 4.25. The molecular weight excluding hydrogens is 779 g/mol. The van der Waals surface area contributed by atoms with E-state index in [0.29, 0.717) is 12.0 Å². The van der Waals surface area contributed by atoms with Crippen molar-refractivity contribution >= 4 is 58.3 Å². The van der Waals surface area contributed by atoms with E-state index in [2.05, 4.69) is 26.6 Å². The number of hydrogen-bond acceptors (Lipinski definition) is 11. The first kappa shape index (κ1) is 45.9. The number of carbonyl (C=O) groups is 7. The molecule has 314 valence electrons. The molecule has 0 saturated carbocycles. The Kier molecular flexibility index (Phi) is 16.3. The highest BCUT2D eigenvalue weighted by molar-refractivity contribution is 6.01. The number of alkyl carbamates (subject to hydrolysis) is 1. The number of rotatable bonds is 19. The molecule has 5 amide bonds. The summed E-state index contributed by atoms with van der Waals surface area (Å²) < 4.78 is 50.4. The van der Waals surface area contributed by atoms with Gasteiger partial charge in [0.15, 0.2) is 0 Å². The molecule has 0 unspecified atom stereocenters. The first-order valence-corrected chi connectivity index (χ1v) is 17.7.